The topological polar surface area (TPSA) is 378 Å². The van der Waals surface area contributed by atoms with E-state index in [1.54, 1.807) is 0 Å². The first-order valence-electron chi connectivity index (χ1n) is 23.7. The van der Waals surface area contributed by atoms with Crippen molar-refractivity contribution in [1.29, 1.82) is 0 Å². The molecule has 15 unspecified atom stereocenters. The van der Waals surface area contributed by atoms with Gasteiger partial charge < -0.3 is 113 Å². The van der Waals surface area contributed by atoms with Gasteiger partial charge in [0.05, 0.1) is 33.0 Å². The predicted octanol–water partition coefficient (Wildman–Crippen LogP) is -0.0121. The van der Waals surface area contributed by atoms with Gasteiger partial charge in [0, 0.05) is 29.8 Å². The van der Waals surface area contributed by atoms with Crippen LogP contribution < -0.4 is 18.9 Å². The molecule has 12 N–H and O–H groups in total. The van der Waals surface area contributed by atoms with Gasteiger partial charge in [-0.2, -0.15) is 0 Å². The molecule has 414 valence electrons. The Bertz CT molecular complexity index is 2760. The van der Waals surface area contributed by atoms with Gasteiger partial charge in [-0.05, 0) is 65.8 Å². The summed E-state index contributed by atoms with van der Waals surface area (Å²) < 4.78 is 63.9. The third-order valence-electron chi connectivity index (χ3n) is 12.6. The van der Waals surface area contributed by atoms with Gasteiger partial charge in [0.1, 0.15) is 96.0 Å². The fourth-order valence-electron chi connectivity index (χ4n) is 8.48. The first-order chi connectivity index (χ1) is 36.8. The van der Waals surface area contributed by atoms with Gasteiger partial charge in [-0.15, -0.1) is 0 Å². The summed E-state index contributed by atoms with van der Waals surface area (Å²) in [6.07, 6.45) is -20.8. The zero-order chi connectivity index (χ0) is 55.2. The largest absolute Gasteiger partial charge is 0.508 e. The summed E-state index contributed by atoms with van der Waals surface area (Å²) in [6, 6.07) is 16.4. The van der Waals surface area contributed by atoms with Crippen LogP contribution in [0.15, 0.2) is 90.7 Å². The van der Waals surface area contributed by atoms with E-state index in [-0.39, 0.29) is 57.1 Å². The van der Waals surface area contributed by atoms with Crippen molar-refractivity contribution in [2.24, 2.45) is 0 Å². The number of rotatable bonds is 17. The second-order valence-corrected chi connectivity index (χ2v) is 17.9. The van der Waals surface area contributed by atoms with E-state index in [1.807, 2.05) is 0 Å². The first kappa shape index (κ1) is 56.0. The Morgan fingerprint density at radius 2 is 1.25 bits per heavy atom. The van der Waals surface area contributed by atoms with Crippen molar-refractivity contribution in [2.75, 3.05) is 34.0 Å². The van der Waals surface area contributed by atoms with E-state index < -0.39 is 130 Å². The first-order valence-corrected chi connectivity index (χ1v) is 23.7. The van der Waals surface area contributed by atoms with Crippen LogP contribution in [0.25, 0.3) is 18.2 Å². The average Bonchev–Trinajstić information content (AvgIpc) is 3.45. The molecule has 15 atom stereocenters. The van der Waals surface area contributed by atoms with Crippen molar-refractivity contribution < 1.29 is 123 Å². The Hall–Kier alpha value is -7.24. The minimum Gasteiger partial charge on any atom is -0.508 e. The van der Waals surface area contributed by atoms with Crippen molar-refractivity contribution in [3.05, 3.63) is 113 Å². The summed E-state index contributed by atoms with van der Waals surface area (Å²) in [5, 5.41) is 128. The summed E-state index contributed by atoms with van der Waals surface area (Å²) >= 11 is 0. The number of phenolic OH excluding ortho intramolecular Hbond substituents is 4. The van der Waals surface area contributed by atoms with Gasteiger partial charge >= 0.3 is 11.9 Å². The minimum absolute atomic E-state index is 0.00966. The van der Waals surface area contributed by atoms with E-state index in [0.29, 0.717) is 11.1 Å². The van der Waals surface area contributed by atoms with E-state index in [0.717, 1.165) is 18.2 Å². The predicted molar refractivity (Wildman–Crippen MR) is 259 cm³/mol. The quantitative estimate of drug-likeness (QED) is 0.0489. The van der Waals surface area contributed by atoms with Gasteiger partial charge in [-0.25, -0.2) is 9.59 Å². The number of aliphatic hydroxyl groups excluding tert-OH is 8. The lowest BCUT2D eigenvalue weighted by Gasteiger charge is -2.45. The molecule has 0 aromatic heterocycles. The highest BCUT2D eigenvalue weighted by Gasteiger charge is 2.52. The molecule has 0 radical (unpaired) electrons. The number of aromatic hydroxyl groups is 4. The molecule has 8 rings (SSSR count). The Morgan fingerprint density at radius 3 is 1.91 bits per heavy atom. The Morgan fingerprint density at radius 1 is 0.623 bits per heavy atom. The van der Waals surface area contributed by atoms with E-state index in [9.17, 15) is 70.9 Å². The Labute approximate surface area is 437 Å². The summed E-state index contributed by atoms with van der Waals surface area (Å²) in [5.74, 6) is -3.51. The molecule has 0 spiro atoms. The van der Waals surface area contributed by atoms with Crippen molar-refractivity contribution in [2.45, 2.75) is 92.1 Å². The molecule has 3 saturated heterocycles. The standard InChI is InChI=1S/C52H56O25/c1-67-33-15-24(16-34(68-2)41(33)61)6-14-39(59)76-48-40(60)30(57)21-70-51(48)77-49-45(65)43(63)37(22-69-38(58)13-5-23-3-9-26(54)10-4-23)75-52(49)73-35-19-29-31(71-47(35)25-7-11-27(55)12-8-25)17-28(56)18-32(29)72-50-46(66)44(64)42(62)36(20-53)74-50/h3-19,30,36-37,40,42-57,60-66H,20-22H2,1-2H3. The molecule has 4 aromatic carbocycles. The molecule has 0 amide bonds. The Balaban J connectivity index is 1.13. The fourth-order valence-corrected chi connectivity index (χ4v) is 8.48. The number of ether oxygens (including phenoxy) is 11. The third-order valence-corrected chi connectivity index (χ3v) is 12.6. The summed E-state index contributed by atoms with van der Waals surface area (Å²) in [7, 11) is 2.59. The number of aliphatic hydroxyl groups is 8. The van der Waals surface area contributed by atoms with Crippen LogP contribution in [0.2, 0.25) is 0 Å². The van der Waals surface area contributed by atoms with Crippen LogP contribution in [0.3, 0.4) is 0 Å². The molecule has 4 aliphatic rings. The van der Waals surface area contributed by atoms with Gasteiger partial charge in [0.2, 0.25) is 18.3 Å². The van der Waals surface area contributed by atoms with Crippen molar-refractivity contribution in [1.82, 2.24) is 0 Å². The maximum atomic E-state index is 13.4. The van der Waals surface area contributed by atoms with Crippen LogP contribution in [0.5, 0.6) is 46.0 Å². The maximum Gasteiger partial charge on any atom is 0.331 e. The molecule has 0 aliphatic carbocycles. The zero-order valence-electron chi connectivity index (χ0n) is 40.8. The van der Waals surface area contributed by atoms with Crippen LogP contribution in [0.4, 0.5) is 0 Å². The third kappa shape index (κ3) is 12.8. The smallest absolute Gasteiger partial charge is 0.331 e. The van der Waals surface area contributed by atoms with E-state index in [1.165, 1.54) is 99.2 Å². The molecular formula is C52H56O25. The van der Waals surface area contributed by atoms with Crippen LogP contribution in [-0.2, 0) is 42.7 Å². The molecule has 4 aromatic rings. The number of carbonyl (C=O) groups excluding carboxylic acids is 2. The van der Waals surface area contributed by atoms with E-state index in [4.69, 9.17) is 52.1 Å². The molecule has 0 saturated carbocycles. The van der Waals surface area contributed by atoms with Crippen molar-refractivity contribution in [3.63, 3.8) is 0 Å². The monoisotopic (exact) mass is 1080 g/mol. The van der Waals surface area contributed by atoms with E-state index in [2.05, 4.69) is 0 Å². The normalized spacial score (nSPS) is 30.2. The maximum absolute atomic E-state index is 13.4. The molecule has 4 heterocycles. The van der Waals surface area contributed by atoms with Crippen LogP contribution in [0, 0.1) is 0 Å². The molecular weight excluding hydrogens is 1020 g/mol. The molecule has 4 aliphatic heterocycles. The highest BCUT2D eigenvalue weighted by atomic mass is 16.8. The van der Waals surface area contributed by atoms with Crippen molar-refractivity contribution in [3.8, 4) is 46.0 Å². The molecule has 25 heteroatoms. The number of methoxy groups -OCH3 is 2. The van der Waals surface area contributed by atoms with E-state index >= 15 is 0 Å². The van der Waals surface area contributed by atoms with Crippen LogP contribution >= 0.6 is 0 Å². The van der Waals surface area contributed by atoms with Gasteiger partial charge in [-0.1, -0.05) is 24.3 Å². The number of carbonyl (C=O) groups is 2. The van der Waals surface area contributed by atoms with Gasteiger partial charge in [0.15, 0.2) is 36.1 Å². The summed E-state index contributed by atoms with van der Waals surface area (Å²) in [4.78, 5) is 26.4. The second kappa shape index (κ2) is 24.4. The fraction of sp³-hybridized carbons (Fsp3) is 0.385. The number of fused-ring (bicyclic) bond motifs is 1. The minimum atomic E-state index is -2.07. The lowest BCUT2D eigenvalue weighted by atomic mass is 9.97. The number of esters is 2. The van der Waals surface area contributed by atoms with Crippen molar-refractivity contribution >= 4 is 30.2 Å². The highest BCUT2D eigenvalue weighted by molar-refractivity contribution is 5.88. The zero-order valence-corrected chi connectivity index (χ0v) is 40.8. The number of hydrogen-bond acceptors (Lipinski definition) is 25. The average molecular weight is 1080 g/mol. The number of phenols is 4. The van der Waals surface area contributed by atoms with Gasteiger partial charge in [0.25, 0.3) is 0 Å². The lowest BCUT2D eigenvalue weighted by molar-refractivity contribution is -0.353. The molecule has 3 fully saturated rings. The Kier molecular flexibility index (Phi) is 17.7. The highest BCUT2D eigenvalue weighted by Crippen LogP contribution is 2.46. The lowest BCUT2D eigenvalue weighted by Crippen LogP contribution is -2.63. The van der Waals surface area contributed by atoms with Crippen LogP contribution in [-0.4, -0.2) is 193 Å². The molecule has 25 nitrogen and oxygen atoms in total. The second-order valence-electron chi connectivity index (χ2n) is 17.9. The molecule has 0 bridgehead atoms. The summed E-state index contributed by atoms with van der Waals surface area (Å²) in [5.41, 5.74) is 1.08. The number of benzene rings is 4. The van der Waals surface area contributed by atoms with Crippen LogP contribution in [0.1, 0.15) is 28.4 Å². The summed E-state index contributed by atoms with van der Waals surface area (Å²) in [6.45, 7) is -2.13. The SMILES string of the molecule is COc1cc(C=CC(=O)OC2C(OC3C(OC4=Cc5c(cc(O)cc5OC5OC(CO)C(O)C(O)C5O)OC4c4ccc(O)cc4)OC(COC(=O)C=Cc4ccc(O)cc4)C(O)C3O)OCC(O)C2O)cc(OC)c1O. The molecule has 77 heavy (non-hydrogen) atoms. The van der Waals surface area contributed by atoms with Gasteiger partial charge in [-0.3, -0.25) is 0 Å². The number of hydrogen-bond donors (Lipinski definition) is 12.